The molecular formula is C21H18N4O4. The molecule has 4 rings (SSSR count). The van der Waals surface area contributed by atoms with E-state index in [2.05, 4.69) is 9.97 Å². The van der Waals surface area contributed by atoms with Gasteiger partial charge in [0.05, 0.1) is 28.4 Å². The van der Waals surface area contributed by atoms with Gasteiger partial charge in [-0.05, 0) is 31.2 Å². The number of benzene rings is 2. The van der Waals surface area contributed by atoms with E-state index in [9.17, 15) is 14.4 Å². The molecular weight excluding hydrogens is 372 g/mol. The molecule has 0 saturated carbocycles. The second-order valence-electron chi connectivity index (χ2n) is 6.31. The molecule has 0 atom stereocenters. The zero-order valence-corrected chi connectivity index (χ0v) is 16.0. The predicted molar refractivity (Wildman–Crippen MR) is 108 cm³/mol. The maximum Gasteiger partial charge on any atom is 0.376 e. The number of carbonyl (C=O) groups excluding carboxylic acids is 1. The van der Waals surface area contributed by atoms with Gasteiger partial charge in [0.25, 0.3) is 11.1 Å². The number of para-hydroxylation sites is 2. The average molecular weight is 390 g/mol. The smallest absolute Gasteiger partial charge is 0.376 e. The predicted octanol–water partition coefficient (Wildman–Crippen LogP) is 2.16. The molecule has 0 fully saturated rings. The molecule has 2 heterocycles. The Morgan fingerprint density at radius 2 is 1.41 bits per heavy atom. The van der Waals surface area contributed by atoms with Gasteiger partial charge in [0.1, 0.15) is 5.82 Å². The number of hydrogen-bond donors (Lipinski definition) is 0. The first-order valence-electron chi connectivity index (χ1n) is 9.27. The zero-order chi connectivity index (χ0) is 20.5. The van der Waals surface area contributed by atoms with Crippen molar-refractivity contribution in [2.75, 3.05) is 6.61 Å². The van der Waals surface area contributed by atoms with Crippen LogP contribution in [0.2, 0.25) is 0 Å². The fourth-order valence-corrected chi connectivity index (χ4v) is 3.24. The molecule has 0 N–H and O–H groups in total. The first kappa shape index (κ1) is 18.5. The molecule has 2 aromatic heterocycles. The van der Waals surface area contributed by atoms with E-state index in [0.29, 0.717) is 28.7 Å². The highest BCUT2D eigenvalue weighted by molar-refractivity contribution is 5.89. The van der Waals surface area contributed by atoms with Crippen LogP contribution in [0.25, 0.3) is 21.8 Å². The second-order valence-corrected chi connectivity index (χ2v) is 6.31. The monoisotopic (exact) mass is 390 g/mol. The fraction of sp³-hybridized carbons (Fsp3) is 0.190. The number of esters is 1. The molecule has 29 heavy (non-hydrogen) atoms. The third-order valence-electron chi connectivity index (χ3n) is 4.55. The number of hydrogen-bond acceptors (Lipinski definition) is 6. The van der Waals surface area contributed by atoms with Crippen LogP contribution in [0, 0.1) is 0 Å². The van der Waals surface area contributed by atoms with Crippen molar-refractivity contribution in [3.8, 4) is 0 Å². The van der Waals surface area contributed by atoms with E-state index in [1.165, 1.54) is 0 Å². The highest BCUT2D eigenvalue weighted by atomic mass is 16.5. The van der Waals surface area contributed by atoms with Crippen molar-refractivity contribution < 1.29 is 9.53 Å². The van der Waals surface area contributed by atoms with Gasteiger partial charge < -0.3 is 4.74 Å². The van der Waals surface area contributed by atoms with Gasteiger partial charge in [-0.2, -0.15) is 9.35 Å². The van der Waals surface area contributed by atoms with E-state index in [-0.39, 0.29) is 17.8 Å². The molecule has 0 bridgehead atoms. The minimum Gasteiger partial charge on any atom is -0.460 e. The van der Waals surface area contributed by atoms with Gasteiger partial charge in [-0.1, -0.05) is 31.2 Å². The fourth-order valence-electron chi connectivity index (χ4n) is 3.24. The maximum atomic E-state index is 13.3. The summed E-state index contributed by atoms with van der Waals surface area (Å²) in [5.41, 5.74) is -0.147. The van der Waals surface area contributed by atoms with Gasteiger partial charge in [-0.3, -0.25) is 9.59 Å². The molecule has 0 spiro atoms. The summed E-state index contributed by atoms with van der Waals surface area (Å²) < 4.78 is 7.19. The number of carbonyl (C=O) groups is 1. The molecule has 0 unspecified atom stereocenters. The Kier molecular flexibility index (Phi) is 4.67. The third kappa shape index (κ3) is 2.98. The molecule has 0 aliphatic heterocycles. The van der Waals surface area contributed by atoms with Crippen LogP contribution in [-0.2, 0) is 11.2 Å². The number of aryl methyl sites for hydroxylation is 1. The lowest BCUT2D eigenvalue weighted by molar-refractivity contribution is 0.0502. The summed E-state index contributed by atoms with van der Waals surface area (Å²) in [6.45, 7) is 3.58. The van der Waals surface area contributed by atoms with Crippen LogP contribution in [0.1, 0.15) is 30.3 Å². The van der Waals surface area contributed by atoms with Crippen LogP contribution in [0.15, 0.2) is 58.1 Å². The Hall–Kier alpha value is -3.81. The van der Waals surface area contributed by atoms with Crippen LogP contribution in [0.3, 0.4) is 0 Å². The lowest BCUT2D eigenvalue weighted by Gasteiger charge is -2.17. The Balaban J connectivity index is 2.19. The summed E-state index contributed by atoms with van der Waals surface area (Å²) in [6.07, 6.45) is 0.363. The van der Waals surface area contributed by atoms with Gasteiger partial charge in [0.15, 0.2) is 0 Å². The summed E-state index contributed by atoms with van der Waals surface area (Å²) in [6, 6.07) is 13.5. The summed E-state index contributed by atoms with van der Waals surface area (Å²) >= 11 is 0. The van der Waals surface area contributed by atoms with Gasteiger partial charge in [0, 0.05) is 6.42 Å². The minimum absolute atomic E-state index is 0.104. The lowest BCUT2D eigenvalue weighted by Crippen LogP contribution is -2.41. The Labute approximate surface area is 165 Å². The van der Waals surface area contributed by atoms with Gasteiger partial charge in [0.2, 0.25) is 5.82 Å². The molecule has 0 radical (unpaired) electrons. The third-order valence-corrected chi connectivity index (χ3v) is 4.55. The standard InChI is InChI=1S/C21H18N4O4/c1-3-17-22-15-11-7-5-9-13(15)19(26)24(17)25-18(21(28)29-4-2)23-16-12-8-6-10-14(16)20(25)27/h5-12H,3-4H2,1-2H3. The molecule has 0 aliphatic rings. The number of nitrogens with zero attached hydrogens (tertiary/aromatic N) is 4. The van der Waals surface area contributed by atoms with Crippen molar-refractivity contribution >= 4 is 27.8 Å². The Morgan fingerprint density at radius 3 is 2.00 bits per heavy atom. The largest absolute Gasteiger partial charge is 0.460 e. The van der Waals surface area contributed by atoms with Crippen molar-refractivity contribution in [3.05, 3.63) is 80.9 Å². The van der Waals surface area contributed by atoms with E-state index < -0.39 is 17.1 Å². The lowest BCUT2D eigenvalue weighted by atomic mass is 10.2. The van der Waals surface area contributed by atoms with E-state index >= 15 is 0 Å². The normalized spacial score (nSPS) is 11.1. The number of aromatic nitrogens is 4. The molecule has 2 aromatic carbocycles. The number of rotatable bonds is 4. The molecule has 8 heteroatoms. The average Bonchev–Trinajstić information content (AvgIpc) is 2.74. The van der Waals surface area contributed by atoms with Crippen molar-refractivity contribution in [2.24, 2.45) is 0 Å². The second kappa shape index (κ2) is 7.31. The SMILES string of the molecule is CCOC(=O)c1nc2ccccc2c(=O)n1-n1c(CC)nc2ccccc2c1=O. The van der Waals surface area contributed by atoms with Crippen molar-refractivity contribution in [1.82, 2.24) is 19.3 Å². The summed E-state index contributed by atoms with van der Waals surface area (Å²) in [5, 5.41) is 0.613. The molecule has 0 amide bonds. The Bertz CT molecular complexity index is 1370. The topological polar surface area (TPSA) is 96.1 Å². The van der Waals surface area contributed by atoms with Crippen LogP contribution in [0.4, 0.5) is 0 Å². The minimum atomic E-state index is -0.794. The highest BCUT2D eigenvalue weighted by Gasteiger charge is 2.23. The first-order chi connectivity index (χ1) is 14.1. The molecule has 146 valence electrons. The Morgan fingerprint density at radius 1 is 0.862 bits per heavy atom. The van der Waals surface area contributed by atoms with Crippen molar-refractivity contribution in [3.63, 3.8) is 0 Å². The summed E-state index contributed by atoms with van der Waals surface area (Å²) in [5.74, 6) is -0.736. The van der Waals surface area contributed by atoms with Crippen LogP contribution in [-0.4, -0.2) is 31.9 Å². The van der Waals surface area contributed by atoms with Crippen LogP contribution >= 0.6 is 0 Å². The van der Waals surface area contributed by atoms with Crippen molar-refractivity contribution in [1.29, 1.82) is 0 Å². The van der Waals surface area contributed by atoms with E-state index in [1.54, 1.807) is 55.5 Å². The molecule has 0 aliphatic carbocycles. The number of fused-ring (bicyclic) bond motifs is 2. The molecule has 8 nitrogen and oxygen atoms in total. The van der Waals surface area contributed by atoms with E-state index in [1.807, 2.05) is 6.92 Å². The zero-order valence-electron chi connectivity index (χ0n) is 16.0. The van der Waals surface area contributed by atoms with Crippen LogP contribution < -0.4 is 11.1 Å². The number of ether oxygens (including phenoxy) is 1. The summed E-state index contributed by atoms with van der Waals surface area (Å²) in [7, 11) is 0. The van der Waals surface area contributed by atoms with Gasteiger partial charge >= 0.3 is 5.97 Å². The highest BCUT2D eigenvalue weighted by Crippen LogP contribution is 2.12. The molecule has 0 saturated heterocycles. The summed E-state index contributed by atoms with van der Waals surface area (Å²) in [4.78, 5) is 48.1. The van der Waals surface area contributed by atoms with Crippen molar-refractivity contribution in [2.45, 2.75) is 20.3 Å². The quantitative estimate of drug-likeness (QED) is 0.496. The van der Waals surface area contributed by atoms with Gasteiger partial charge in [-0.25, -0.2) is 14.8 Å². The first-order valence-corrected chi connectivity index (χ1v) is 9.27. The van der Waals surface area contributed by atoms with Crippen LogP contribution in [0.5, 0.6) is 0 Å². The van der Waals surface area contributed by atoms with Gasteiger partial charge in [-0.15, -0.1) is 0 Å². The van der Waals surface area contributed by atoms with E-state index in [4.69, 9.17) is 4.74 Å². The molecule has 4 aromatic rings. The van der Waals surface area contributed by atoms with E-state index in [0.717, 1.165) is 9.35 Å². The maximum absolute atomic E-state index is 13.3.